The minimum atomic E-state index is 0.525. The van der Waals surface area contributed by atoms with Gasteiger partial charge in [-0.2, -0.15) is 0 Å². The molecule has 1 saturated heterocycles. The molecule has 1 aromatic carbocycles. The van der Waals surface area contributed by atoms with Crippen LogP contribution in [0.2, 0.25) is 0 Å². The van der Waals surface area contributed by atoms with Gasteiger partial charge < -0.3 is 4.90 Å². The van der Waals surface area contributed by atoms with Crippen LogP contribution in [0.15, 0.2) is 22.7 Å². The Labute approximate surface area is 111 Å². The summed E-state index contributed by atoms with van der Waals surface area (Å²) >= 11 is 3.41. The number of nitrogens with zero attached hydrogens (tertiary/aromatic N) is 1. The molecule has 2 nitrogen and oxygen atoms in total. The molecule has 1 aromatic rings. The summed E-state index contributed by atoms with van der Waals surface area (Å²) in [7, 11) is 0. The summed E-state index contributed by atoms with van der Waals surface area (Å²) in [5.41, 5.74) is 1.87. The zero-order valence-electron chi connectivity index (χ0n) is 10.2. The minimum absolute atomic E-state index is 0.525. The molecule has 0 saturated carbocycles. The van der Waals surface area contributed by atoms with E-state index in [4.69, 9.17) is 0 Å². The zero-order chi connectivity index (χ0) is 12.3. The lowest BCUT2D eigenvalue weighted by molar-refractivity contribution is 0.112. The van der Waals surface area contributed by atoms with Crippen molar-refractivity contribution in [1.82, 2.24) is 0 Å². The molecule has 1 aliphatic rings. The van der Waals surface area contributed by atoms with Gasteiger partial charge in [-0.1, -0.05) is 28.8 Å². The highest BCUT2D eigenvalue weighted by Gasteiger charge is 2.19. The number of carbonyl (C=O) groups is 1. The first-order chi connectivity index (χ1) is 8.22. The van der Waals surface area contributed by atoms with Crippen LogP contribution in [-0.2, 0) is 0 Å². The van der Waals surface area contributed by atoms with Crippen molar-refractivity contribution in [2.24, 2.45) is 0 Å². The number of hydrogen-bond acceptors (Lipinski definition) is 2. The highest BCUT2D eigenvalue weighted by molar-refractivity contribution is 9.10. The molecule has 1 aliphatic heterocycles. The lowest BCUT2D eigenvalue weighted by Gasteiger charge is -2.30. The van der Waals surface area contributed by atoms with Crippen LogP contribution >= 0.6 is 15.9 Å². The van der Waals surface area contributed by atoms with E-state index >= 15 is 0 Å². The SMILES string of the molecule is CC1CCCCCN1c1ccc(Br)cc1C=O. The van der Waals surface area contributed by atoms with E-state index in [2.05, 4.69) is 33.8 Å². The van der Waals surface area contributed by atoms with E-state index in [1.54, 1.807) is 0 Å². The number of benzene rings is 1. The molecular formula is C14H18BrNO. The van der Waals surface area contributed by atoms with Crippen LogP contribution in [0.4, 0.5) is 5.69 Å². The summed E-state index contributed by atoms with van der Waals surface area (Å²) in [6.07, 6.45) is 5.99. The van der Waals surface area contributed by atoms with Crippen molar-refractivity contribution in [3.8, 4) is 0 Å². The fourth-order valence-corrected chi connectivity index (χ4v) is 2.89. The molecule has 0 N–H and O–H groups in total. The van der Waals surface area contributed by atoms with E-state index in [1.807, 2.05) is 12.1 Å². The molecule has 1 fully saturated rings. The number of carbonyl (C=O) groups excluding carboxylic acids is 1. The Hall–Kier alpha value is -0.830. The van der Waals surface area contributed by atoms with Crippen molar-refractivity contribution in [2.45, 2.75) is 38.6 Å². The average Bonchev–Trinajstić information content (AvgIpc) is 2.54. The standard InChI is InChI=1S/C14H18BrNO/c1-11-5-3-2-4-8-16(11)14-7-6-13(15)9-12(14)10-17/h6-7,9-11H,2-5,8H2,1H3. The number of rotatable bonds is 2. The fourth-order valence-electron chi connectivity index (χ4n) is 2.51. The van der Waals surface area contributed by atoms with Crippen LogP contribution in [0.5, 0.6) is 0 Å². The molecule has 0 radical (unpaired) electrons. The van der Waals surface area contributed by atoms with Crippen LogP contribution in [0, 0.1) is 0 Å². The van der Waals surface area contributed by atoms with Gasteiger partial charge in [0, 0.05) is 28.3 Å². The second-order valence-electron chi connectivity index (χ2n) is 4.71. The Balaban J connectivity index is 2.33. The number of aldehydes is 1. The van der Waals surface area contributed by atoms with Crippen molar-refractivity contribution in [2.75, 3.05) is 11.4 Å². The van der Waals surface area contributed by atoms with Crippen molar-refractivity contribution < 1.29 is 4.79 Å². The third-order valence-electron chi connectivity index (χ3n) is 3.48. The van der Waals surface area contributed by atoms with E-state index < -0.39 is 0 Å². The van der Waals surface area contributed by atoms with E-state index in [1.165, 1.54) is 25.7 Å². The Morgan fingerprint density at radius 3 is 2.94 bits per heavy atom. The first-order valence-electron chi connectivity index (χ1n) is 6.24. The van der Waals surface area contributed by atoms with Crippen LogP contribution in [0.25, 0.3) is 0 Å². The third-order valence-corrected chi connectivity index (χ3v) is 3.97. The molecule has 0 amide bonds. The lowest BCUT2D eigenvalue weighted by atomic mass is 10.1. The number of halogens is 1. The molecule has 0 aromatic heterocycles. The predicted octanol–water partition coefficient (Wildman–Crippen LogP) is 4.03. The summed E-state index contributed by atoms with van der Waals surface area (Å²) in [4.78, 5) is 13.5. The molecular weight excluding hydrogens is 278 g/mol. The van der Waals surface area contributed by atoms with Gasteiger partial charge in [0.05, 0.1) is 0 Å². The van der Waals surface area contributed by atoms with Crippen molar-refractivity contribution in [3.63, 3.8) is 0 Å². The van der Waals surface area contributed by atoms with E-state index in [-0.39, 0.29) is 0 Å². The Kier molecular flexibility index (Phi) is 4.21. The van der Waals surface area contributed by atoms with E-state index in [0.29, 0.717) is 6.04 Å². The predicted molar refractivity (Wildman–Crippen MR) is 74.8 cm³/mol. The van der Waals surface area contributed by atoms with Crippen molar-refractivity contribution >= 4 is 27.9 Å². The minimum Gasteiger partial charge on any atom is -0.368 e. The summed E-state index contributed by atoms with van der Waals surface area (Å²) in [6.45, 7) is 3.31. The number of hydrogen-bond donors (Lipinski definition) is 0. The van der Waals surface area contributed by atoms with Crippen molar-refractivity contribution in [3.05, 3.63) is 28.2 Å². The van der Waals surface area contributed by atoms with Gasteiger partial charge in [0.1, 0.15) is 0 Å². The molecule has 2 rings (SSSR count). The van der Waals surface area contributed by atoms with Gasteiger partial charge in [-0.05, 0) is 38.0 Å². The Morgan fingerprint density at radius 2 is 2.18 bits per heavy atom. The molecule has 1 atom stereocenters. The van der Waals surface area contributed by atoms with Gasteiger partial charge >= 0.3 is 0 Å². The molecule has 0 spiro atoms. The van der Waals surface area contributed by atoms with Crippen LogP contribution in [-0.4, -0.2) is 18.9 Å². The summed E-state index contributed by atoms with van der Waals surface area (Å²) in [6, 6.07) is 6.49. The maximum Gasteiger partial charge on any atom is 0.152 e. The van der Waals surface area contributed by atoms with Crippen LogP contribution in [0.1, 0.15) is 43.0 Å². The van der Waals surface area contributed by atoms with Gasteiger partial charge in [-0.15, -0.1) is 0 Å². The molecule has 3 heteroatoms. The summed E-state index contributed by atoms with van der Waals surface area (Å²) in [5, 5.41) is 0. The highest BCUT2D eigenvalue weighted by atomic mass is 79.9. The molecule has 92 valence electrons. The first-order valence-corrected chi connectivity index (χ1v) is 7.03. The van der Waals surface area contributed by atoms with Crippen LogP contribution in [0.3, 0.4) is 0 Å². The van der Waals surface area contributed by atoms with Crippen LogP contribution < -0.4 is 4.90 Å². The molecule has 1 unspecified atom stereocenters. The van der Waals surface area contributed by atoms with Gasteiger partial charge in [-0.3, -0.25) is 4.79 Å². The lowest BCUT2D eigenvalue weighted by Crippen LogP contribution is -2.33. The van der Waals surface area contributed by atoms with Gasteiger partial charge in [0.25, 0.3) is 0 Å². The topological polar surface area (TPSA) is 20.3 Å². The molecule has 0 aliphatic carbocycles. The Morgan fingerprint density at radius 1 is 1.35 bits per heavy atom. The second kappa shape index (κ2) is 5.67. The fraction of sp³-hybridized carbons (Fsp3) is 0.500. The first kappa shape index (κ1) is 12.6. The summed E-state index contributed by atoms with van der Waals surface area (Å²) in [5.74, 6) is 0. The molecule has 0 bridgehead atoms. The highest BCUT2D eigenvalue weighted by Crippen LogP contribution is 2.28. The smallest absolute Gasteiger partial charge is 0.152 e. The van der Waals surface area contributed by atoms with Gasteiger partial charge in [0.15, 0.2) is 6.29 Å². The summed E-state index contributed by atoms with van der Waals surface area (Å²) < 4.78 is 0.964. The quantitative estimate of drug-likeness (QED) is 0.768. The van der Waals surface area contributed by atoms with E-state index in [0.717, 1.165) is 28.6 Å². The van der Waals surface area contributed by atoms with Gasteiger partial charge in [0.2, 0.25) is 0 Å². The molecule has 1 heterocycles. The second-order valence-corrected chi connectivity index (χ2v) is 5.63. The largest absolute Gasteiger partial charge is 0.368 e. The van der Waals surface area contributed by atoms with Gasteiger partial charge in [-0.25, -0.2) is 0 Å². The maximum atomic E-state index is 11.2. The van der Waals surface area contributed by atoms with E-state index in [9.17, 15) is 4.79 Å². The Bertz CT molecular complexity index is 405. The maximum absolute atomic E-state index is 11.2. The zero-order valence-corrected chi connectivity index (χ0v) is 11.7. The van der Waals surface area contributed by atoms with Crippen molar-refractivity contribution in [1.29, 1.82) is 0 Å². The normalized spacial score (nSPS) is 21.1. The third kappa shape index (κ3) is 2.89. The average molecular weight is 296 g/mol. The number of anilines is 1. The monoisotopic (exact) mass is 295 g/mol. The molecule has 17 heavy (non-hydrogen) atoms.